The standard InChI is InChI=1S/C6H12N/c1-6-3-4-7(2)5-6/h4,6H,3,5H2,1-2H3/q+1. The van der Waals surface area contributed by atoms with E-state index in [0.717, 1.165) is 5.92 Å². The zero-order chi connectivity index (χ0) is 5.28. The second kappa shape index (κ2) is 1.65. The quantitative estimate of drug-likeness (QED) is 0.393. The summed E-state index contributed by atoms with van der Waals surface area (Å²) in [6.07, 6.45) is 3.53. The van der Waals surface area contributed by atoms with E-state index in [1.54, 1.807) is 0 Å². The Morgan fingerprint density at radius 1 is 1.71 bits per heavy atom. The number of nitrogens with zero attached hydrogens (tertiary/aromatic N) is 1. The van der Waals surface area contributed by atoms with Crippen molar-refractivity contribution in [2.24, 2.45) is 5.92 Å². The minimum atomic E-state index is 0.894. The highest BCUT2D eigenvalue weighted by molar-refractivity contribution is 5.52. The first kappa shape index (κ1) is 4.82. The molecule has 1 nitrogen and oxygen atoms in total. The van der Waals surface area contributed by atoms with Gasteiger partial charge in [-0.15, -0.1) is 0 Å². The van der Waals surface area contributed by atoms with Gasteiger partial charge in [0.25, 0.3) is 0 Å². The van der Waals surface area contributed by atoms with Crippen molar-refractivity contribution in [2.75, 3.05) is 13.6 Å². The molecule has 0 aromatic carbocycles. The maximum Gasteiger partial charge on any atom is 0.145 e. The van der Waals surface area contributed by atoms with Crippen molar-refractivity contribution in [1.82, 2.24) is 0 Å². The summed E-state index contributed by atoms with van der Waals surface area (Å²) in [5.41, 5.74) is 0. The molecule has 0 saturated heterocycles. The number of hydrogen-bond acceptors (Lipinski definition) is 0. The molecule has 40 valence electrons. The highest BCUT2D eigenvalue weighted by Gasteiger charge is 2.13. The summed E-state index contributed by atoms with van der Waals surface area (Å²) in [5.74, 6) is 0.894. The van der Waals surface area contributed by atoms with Gasteiger partial charge in [0, 0.05) is 12.3 Å². The van der Waals surface area contributed by atoms with Crippen LogP contribution < -0.4 is 0 Å². The van der Waals surface area contributed by atoms with E-state index >= 15 is 0 Å². The number of hydrogen-bond donors (Lipinski definition) is 0. The van der Waals surface area contributed by atoms with E-state index in [0.29, 0.717) is 0 Å². The van der Waals surface area contributed by atoms with E-state index in [9.17, 15) is 0 Å². The van der Waals surface area contributed by atoms with Crippen molar-refractivity contribution in [3.63, 3.8) is 0 Å². The van der Waals surface area contributed by atoms with Crippen LogP contribution in [0, 0.1) is 5.92 Å². The molecule has 0 aromatic heterocycles. The van der Waals surface area contributed by atoms with Gasteiger partial charge in [-0.25, -0.2) is 4.58 Å². The summed E-state index contributed by atoms with van der Waals surface area (Å²) in [6, 6.07) is 0. The maximum absolute atomic E-state index is 2.28. The maximum atomic E-state index is 2.28. The normalized spacial score (nSPS) is 30.6. The second-order valence-corrected chi connectivity index (χ2v) is 2.46. The Kier molecular flexibility index (Phi) is 1.13. The summed E-state index contributed by atoms with van der Waals surface area (Å²) < 4.78 is 2.25. The average molecular weight is 98.2 g/mol. The van der Waals surface area contributed by atoms with Gasteiger partial charge in [-0.1, -0.05) is 6.92 Å². The molecule has 0 aliphatic carbocycles. The lowest BCUT2D eigenvalue weighted by Gasteiger charge is -1.89. The summed E-state index contributed by atoms with van der Waals surface area (Å²) in [5, 5.41) is 0. The van der Waals surface area contributed by atoms with Crippen LogP contribution in [0.4, 0.5) is 0 Å². The van der Waals surface area contributed by atoms with Crippen LogP contribution in [-0.2, 0) is 0 Å². The molecule has 0 N–H and O–H groups in total. The molecule has 0 aromatic rings. The van der Waals surface area contributed by atoms with Gasteiger partial charge in [0.15, 0.2) is 0 Å². The first-order valence-electron chi connectivity index (χ1n) is 2.82. The van der Waals surface area contributed by atoms with Crippen molar-refractivity contribution in [3.8, 4) is 0 Å². The van der Waals surface area contributed by atoms with Gasteiger partial charge in [0.2, 0.25) is 0 Å². The SMILES string of the molecule is CC1CC=[N+](C)C1. The van der Waals surface area contributed by atoms with Gasteiger partial charge in [0.05, 0.1) is 0 Å². The van der Waals surface area contributed by atoms with E-state index < -0.39 is 0 Å². The van der Waals surface area contributed by atoms with Crippen LogP contribution in [0.1, 0.15) is 13.3 Å². The Bertz CT molecular complexity index is 94.4. The summed E-state index contributed by atoms with van der Waals surface area (Å²) >= 11 is 0. The van der Waals surface area contributed by atoms with E-state index in [-0.39, 0.29) is 0 Å². The molecule has 1 unspecified atom stereocenters. The first-order chi connectivity index (χ1) is 3.29. The van der Waals surface area contributed by atoms with Gasteiger partial charge in [-0.2, -0.15) is 0 Å². The fourth-order valence-electron chi connectivity index (χ4n) is 1.00. The molecule has 1 heteroatoms. The molecule has 1 aliphatic rings. The molecule has 1 aliphatic heterocycles. The second-order valence-electron chi connectivity index (χ2n) is 2.46. The van der Waals surface area contributed by atoms with E-state index in [1.807, 2.05) is 0 Å². The van der Waals surface area contributed by atoms with Crippen molar-refractivity contribution in [2.45, 2.75) is 13.3 Å². The predicted molar refractivity (Wildman–Crippen MR) is 30.9 cm³/mol. The molecule has 7 heavy (non-hydrogen) atoms. The monoisotopic (exact) mass is 98.1 g/mol. The molecule has 0 radical (unpaired) electrons. The zero-order valence-electron chi connectivity index (χ0n) is 5.02. The van der Waals surface area contributed by atoms with Gasteiger partial charge in [-0.05, 0) is 0 Å². The summed E-state index contributed by atoms with van der Waals surface area (Å²) in [7, 11) is 2.13. The molecule has 0 fully saturated rings. The van der Waals surface area contributed by atoms with Crippen LogP contribution in [0.5, 0.6) is 0 Å². The highest BCUT2D eigenvalue weighted by atomic mass is 15.0. The minimum absolute atomic E-state index is 0.894. The Morgan fingerprint density at radius 2 is 2.43 bits per heavy atom. The van der Waals surface area contributed by atoms with Gasteiger partial charge < -0.3 is 0 Å². The Balaban J connectivity index is 2.42. The average Bonchev–Trinajstić information content (AvgIpc) is 1.87. The third-order valence-corrected chi connectivity index (χ3v) is 1.42. The van der Waals surface area contributed by atoms with Crippen molar-refractivity contribution >= 4 is 6.21 Å². The molecule has 0 amide bonds. The smallest absolute Gasteiger partial charge is 0.145 e. The lowest BCUT2D eigenvalue weighted by atomic mass is 10.2. The molecule has 0 bridgehead atoms. The zero-order valence-corrected chi connectivity index (χ0v) is 5.02. The highest BCUT2D eigenvalue weighted by Crippen LogP contribution is 2.03. The van der Waals surface area contributed by atoms with Crippen LogP contribution >= 0.6 is 0 Å². The largest absolute Gasteiger partial charge is 0.242 e. The van der Waals surface area contributed by atoms with Crippen LogP contribution in [0.25, 0.3) is 0 Å². The Hall–Kier alpha value is -0.330. The van der Waals surface area contributed by atoms with Gasteiger partial charge in [0.1, 0.15) is 19.8 Å². The molecular weight excluding hydrogens is 86.1 g/mol. The van der Waals surface area contributed by atoms with E-state index in [2.05, 4.69) is 24.8 Å². The lowest BCUT2D eigenvalue weighted by molar-refractivity contribution is -0.489. The minimum Gasteiger partial charge on any atom is -0.242 e. The van der Waals surface area contributed by atoms with Gasteiger partial charge >= 0.3 is 0 Å². The van der Waals surface area contributed by atoms with E-state index in [4.69, 9.17) is 0 Å². The first-order valence-corrected chi connectivity index (χ1v) is 2.82. The molecule has 1 heterocycles. The molecule has 0 saturated carbocycles. The Labute approximate surface area is 44.7 Å². The van der Waals surface area contributed by atoms with Crippen molar-refractivity contribution in [1.29, 1.82) is 0 Å². The molecule has 1 rings (SSSR count). The molecule has 1 atom stereocenters. The third kappa shape index (κ3) is 1.02. The summed E-state index contributed by atoms with van der Waals surface area (Å²) in [4.78, 5) is 0. The third-order valence-electron chi connectivity index (χ3n) is 1.42. The van der Waals surface area contributed by atoms with Crippen LogP contribution in [0.2, 0.25) is 0 Å². The lowest BCUT2D eigenvalue weighted by Crippen LogP contribution is -2.03. The topological polar surface area (TPSA) is 3.01 Å². The molecular formula is C6H12N+. The molecule has 0 spiro atoms. The van der Waals surface area contributed by atoms with Gasteiger partial charge in [-0.3, -0.25) is 0 Å². The van der Waals surface area contributed by atoms with Crippen molar-refractivity contribution in [3.05, 3.63) is 0 Å². The number of rotatable bonds is 0. The predicted octanol–water partition coefficient (Wildman–Crippen LogP) is 0.739. The fraction of sp³-hybridized carbons (Fsp3) is 0.833. The van der Waals surface area contributed by atoms with E-state index in [1.165, 1.54) is 13.0 Å². The van der Waals surface area contributed by atoms with Crippen LogP contribution in [0.15, 0.2) is 0 Å². The van der Waals surface area contributed by atoms with Crippen LogP contribution in [-0.4, -0.2) is 24.4 Å². The Morgan fingerprint density at radius 3 is 2.57 bits per heavy atom. The summed E-state index contributed by atoms with van der Waals surface area (Å²) in [6.45, 7) is 3.53. The van der Waals surface area contributed by atoms with Crippen LogP contribution in [0.3, 0.4) is 0 Å². The van der Waals surface area contributed by atoms with Crippen molar-refractivity contribution < 1.29 is 4.58 Å². The fourth-order valence-corrected chi connectivity index (χ4v) is 1.00.